The second-order valence-corrected chi connectivity index (χ2v) is 10.7. The molecule has 0 spiro atoms. The summed E-state index contributed by atoms with van der Waals surface area (Å²) in [6.45, 7) is 5.53. The Morgan fingerprint density at radius 3 is 2.69 bits per heavy atom. The van der Waals surface area contributed by atoms with Crippen LogP contribution >= 0.6 is 11.6 Å². The third-order valence-corrected chi connectivity index (χ3v) is 8.08. The third-order valence-electron chi connectivity index (χ3n) is 7.84. The molecule has 1 atom stereocenters. The van der Waals surface area contributed by atoms with Crippen molar-refractivity contribution >= 4 is 23.2 Å². The molecule has 1 amide bonds. The maximum atomic E-state index is 14.0. The number of nitriles is 1. The highest BCUT2D eigenvalue weighted by Gasteiger charge is 2.44. The van der Waals surface area contributed by atoms with Gasteiger partial charge in [-0.05, 0) is 81.7 Å². The quantitative estimate of drug-likeness (QED) is 0.470. The van der Waals surface area contributed by atoms with E-state index in [-0.39, 0.29) is 11.9 Å². The highest BCUT2D eigenvalue weighted by molar-refractivity contribution is 6.30. The Morgan fingerprint density at radius 1 is 1.21 bits per heavy atom. The van der Waals surface area contributed by atoms with Gasteiger partial charge in [-0.25, -0.2) is 4.98 Å². The molecule has 2 saturated heterocycles. The van der Waals surface area contributed by atoms with Crippen LogP contribution in [-0.4, -0.2) is 66.7 Å². The molecule has 202 valence electrons. The number of pyridine rings is 2. The predicted molar refractivity (Wildman–Crippen MR) is 152 cm³/mol. The van der Waals surface area contributed by atoms with E-state index in [1.54, 1.807) is 18.3 Å². The molecule has 1 aromatic carbocycles. The van der Waals surface area contributed by atoms with E-state index in [1.165, 1.54) is 0 Å². The highest BCUT2D eigenvalue weighted by Crippen LogP contribution is 2.39. The lowest BCUT2D eigenvalue weighted by atomic mass is 9.72. The first-order valence-corrected chi connectivity index (χ1v) is 13.8. The molecule has 9 heteroatoms. The molecule has 4 heterocycles. The number of likely N-dealkylation sites (N-methyl/N-ethyl adjacent to an activating group) is 1. The predicted octanol–water partition coefficient (Wildman–Crippen LogP) is 4.43. The van der Waals surface area contributed by atoms with Crippen LogP contribution in [0.2, 0.25) is 5.02 Å². The van der Waals surface area contributed by atoms with E-state index in [9.17, 15) is 10.1 Å². The number of nitrogens with one attached hydrogen (secondary N) is 1. The molecule has 39 heavy (non-hydrogen) atoms. The van der Waals surface area contributed by atoms with Gasteiger partial charge in [0.15, 0.2) is 0 Å². The zero-order valence-electron chi connectivity index (χ0n) is 22.4. The number of piperidine rings is 1. The Kier molecular flexibility index (Phi) is 8.01. The zero-order chi connectivity index (χ0) is 27.4. The van der Waals surface area contributed by atoms with Crippen molar-refractivity contribution in [1.29, 1.82) is 5.26 Å². The van der Waals surface area contributed by atoms with E-state index < -0.39 is 5.41 Å². The smallest absolute Gasteiger partial charge is 0.231 e. The summed E-state index contributed by atoms with van der Waals surface area (Å²) in [5, 5.41) is 13.6. The van der Waals surface area contributed by atoms with Crippen molar-refractivity contribution in [3.63, 3.8) is 0 Å². The van der Waals surface area contributed by atoms with Gasteiger partial charge in [0.2, 0.25) is 11.8 Å². The minimum absolute atomic E-state index is 0.0463. The van der Waals surface area contributed by atoms with Crippen molar-refractivity contribution in [3.05, 3.63) is 71.0 Å². The summed E-state index contributed by atoms with van der Waals surface area (Å²) in [6, 6.07) is 15.6. The Labute approximate surface area is 234 Å². The second kappa shape index (κ2) is 11.6. The van der Waals surface area contributed by atoms with Crippen molar-refractivity contribution in [1.82, 2.24) is 20.2 Å². The molecule has 0 unspecified atom stereocenters. The van der Waals surface area contributed by atoms with Gasteiger partial charge < -0.3 is 19.9 Å². The first kappa shape index (κ1) is 26.9. The van der Waals surface area contributed by atoms with Gasteiger partial charge in [-0.3, -0.25) is 9.78 Å². The molecule has 2 fully saturated rings. The van der Waals surface area contributed by atoms with Crippen LogP contribution in [0.3, 0.4) is 0 Å². The van der Waals surface area contributed by atoms with Gasteiger partial charge in [-0.2, -0.15) is 5.26 Å². The van der Waals surface area contributed by atoms with Gasteiger partial charge in [0.1, 0.15) is 6.07 Å². The first-order chi connectivity index (χ1) is 18.9. The molecule has 3 aromatic rings. The van der Waals surface area contributed by atoms with Crippen LogP contribution in [0, 0.1) is 11.3 Å². The number of anilines is 1. The number of hydrogen-bond acceptors (Lipinski definition) is 7. The average molecular weight is 545 g/mol. The topological polar surface area (TPSA) is 94.4 Å². The van der Waals surface area contributed by atoms with Crippen molar-refractivity contribution < 1.29 is 9.53 Å². The zero-order valence-corrected chi connectivity index (χ0v) is 23.1. The second-order valence-electron chi connectivity index (χ2n) is 10.3. The van der Waals surface area contributed by atoms with Gasteiger partial charge in [0, 0.05) is 43.1 Å². The Balaban J connectivity index is 1.44. The van der Waals surface area contributed by atoms with E-state index in [4.69, 9.17) is 21.3 Å². The van der Waals surface area contributed by atoms with E-state index in [0.717, 1.165) is 42.0 Å². The van der Waals surface area contributed by atoms with Crippen LogP contribution in [0.25, 0.3) is 11.3 Å². The molecule has 0 saturated carbocycles. The molecule has 0 radical (unpaired) electrons. The van der Waals surface area contributed by atoms with Gasteiger partial charge in [-0.15, -0.1) is 0 Å². The van der Waals surface area contributed by atoms with E-state index in [0.29, 0.717) is 49.0 Å². The number of aromatic nitrogens is 2. The number of likely N-dealkylation sites (tertiary alicyclic amines) is 1. The highest BCUT2D eigenvalue weighted by atomic mass is 35.5. The summed E-state index contributed by atoms with van der Waals surface area (Å²) in [7, 11) is 2.08. The summed E-state index contributed by atoms with van der Waals surface area (Å²) in [4.78, 5) is 27.6. The van der Waals surface area contributed by atoms with Gasteiger partial charge in [0.25, 0.3) is 0 Å². The maximum absolute atomic E-state index is 14.0. The maximum Gasteiger partial charge on any atom is 0.231 e. The molecular weight excluding hydrogens is 512 g/mol. The lowest BCUT2D eigenvalue weighted by Crippen LogP contribution is -2.54. The number of nitrogens with zero attached hydrogens (tertiary/aromatic N) is 5. The van der Waals surface area contributed by atoms with Crippen molar-refractivity contribution in [3.8, 4) is 23.2 Å². The largest absolute Gasteiger partial charge is 0.477 e. The van der Waals surface area contributed by atoms with Crippen LogP contribution in [0.1, 0.15) is 37.3 Å². The number of ether oxygens (including phenoxy) is 1. The standard InChI is InChI=1S/C30H33ClN6O2/c1-3-39-28-25(5-4-13-33-28)26-8-6-22(19-34-26)30(29(38)35-24-10-14-36(2)20-24)11-15-37(16-12-30)27-9-7-23(31)17-21(27)18-32/h4-9,13,17,19,24H,3,10-12,14-16,20H2,1-2H3,(H,35,38)/t24-/m0/s1. The van der Waals surface area contributed by atoms with Gasteiger partial charge >= 0.3 is 0 Å². The Hall–Kier alpha value is -3.67. The van der Waals surface area contributed by atoms with E-state index in [1.807, 2.05) is 43.5 Å². The van der Waals surface area contributed by atoms with Crippen molar-refractivity contribution in [2.45, 2.75) is 37.6 Å². The number of carbonyl (C=O) groups excluding carboxylic acids is 1. The molecule has 1 N–H and O–H groups in total. The summed E-state index contributed by atoms with van der Waals surface area (Å²) >= 11 is 6.13. The molecular formula is C30H33ClN6O2. The summed E-state index contributed by atoms with van der Waals surface area (Å²) in [6.07, 6.45) is 5.69. The van der Waals surface area contributed by atoms with Crippen LogP contribution in [0.15, 0.2) is 54.9 Å². The molecule has 0 aliphatic carbocycles. The van der Waals surface area contributed by atoms with Gasteiger partial charge in [0.05, 0.1) is 34.5 Å². The van der Waals surface area contributed by atoms with Crippen LogP contribution in [0.5, 0.6) is 5.88 Å². The fourth-order valence-electron chi connectivity index (χ4n) is 5.70. The summed E-state index contributed by atoms with van der Waals surface area (Å²) in [5.74, 6) is 0.590. The normalized spacial score (nSPS) is 18.9. The lowest BCUT2D eigenvalue weighted by molar-refractivity contribution is -0.128. The number of amides is 1. The molecule has 5 rings (SSSR count). The lowest BCUT2D eigenvalue weighted by Gasteiger charge is -2.42. The van der Waals surface area contributed by atoms with E-state index >= 15 is 0 Å². The van der Waals surface area contributed by atoms with Crippen LogP contribution in [-0.2, 0) is 10.2 Å². The minimum atomic E-state index is -0.722. The first-order valence-electron chi connectivity index (χ1n) is 13.4. The number of halogens is 1. The number of rotatable bonds is 7. The van der Waals surface area contributed by atoms with Gasteiger partial charge in [-0.1, -0.05) is 17.7 Å². The fourth-order valence-corrected chi connectivity index (χ4v) is 5.87. The Bertz CT molecular complexity index is 1360. The minimum Gasteiger partial charge on any atom is -0.477 e. The molecule has 2 aromatic heterocycles. The third kappa shape index (κ3) is 5.56. The molecule has 2 aliphatic rings. The van der Waals surface area contributed by atoms with Crippen LogP contribution < -0.4 is 15.0 Å². The van der Waals surface area contributed by atoms with Crippen LogP contribution in [0.4, 0.5) is 5.69 Å². The molecule has 8 nitrogen and oxygen atoms in total. The summed E-state index contributed by atoms with van der Waals surface area (Å²) in [5.41, 5.74) is 3.14. The average Bonchev–Trinajstić information content (AvgIpc) is 3.37. The number of benzene rings is 1. The molecule has 0 bridgehead atoms. The SMILES string of the molecule is CCOc1ncccc1-c1ccc(C2(C(=O)N[C@H]3CCN(C)C3)CCN(c3ccc(Cl)cc3C#N)CC2)cn1. The van der Waals surface area contributed by atoms with Crippen molar-refractivity contribution in [2.24, 2.45) is 0 Å². The fraction of sp³-hybridized carbons (Fsp3) is 0.400. The summed E-state index contributed by atoms with van der Waals surface area (Å²) < 4.78 is 5.70. The van der Waals surface area contributed by atoms with Crippen molar-refractivity contribution in [2.75, 3.05) is 44.7 Å². The van der Waals surface area contributed by atoms with E-state index in [2.05, 4.69) is 33.2 Å². The molecule has 2 aliphatic heterocycles. The number of hydrogen-bond donors (Lipinski definition) is 1. The Morgan fingerprint density at radius 2 is 2.03 bits per heavy atom. The monoisotopic (exact) mass is 544 g/mol. The number of carbonyl (C=O) groups is 1.